The minimum absolute atomic E-state index is 0.140. The average Bonchev–Trinajstić information content (AvgIpc) is 2.81. The third-order valence-corrected chi connectivity index (χ3v) is 4.55. The Kier molecular flexibility index (Phi) is 7.82. The van der Waals surface area contributed by atoms with Gasteiger partial charge in [0, 0.05) is 44.3 Å². The molecule has 146 valence electrons. The van der Waals surface area contributed by atoms with Crippen molar-refractivity contribution < 1.29 is 24.2 Å². The summed E-state index contributed by atoms with van der Waals surface area (Å²) < 4.78 is 5.06. The third-order valence-electron chi connectivity index (χ3n) is 4.32. The second-order valence-electron chi connectivity index (χ2n) is 6.26. The number of hydrogen-bond acceptors (Lipinski definition) is 4. The lowest BCUT2D eigenvalue weighted by atomic mass is 10.1. The summed E-state index contributed by atoms with van der Waals surface area (Å²) in [7, 11) is 1.47. The number of benzene rings is 1. The molecule has 1 aromatic rings. The summed E-state index contributed by atoms with van der Waals surface area (Å²) in [4.78, 5) is 39.0. The number of carboxylic acids is 1. The van der Waals surface area contributed by atoms with Gasteiger partial charge in [-0.25, -0.2) is 0 Å². The number of carboxylic acid groups (broad SMARTS) is 1. The largest absolute Gasteiger partial charge is 0.481 e. The van der Waals surface area contributed by atoms with Gasteiger partial charge in [0.25, 0.3) is 0 Å². The van der Waals surface area contributed by atoms with E-state index in [1.54, 1.807) is 29.2 Å². The van der Waals surface area contributed by atoms with Crippen LogP contribution in [0.1, 0.15) is 18.4 Å². The highest BCUT2D eigenvalue weighted by atomic mass is 35.5. The van der Waals surface area contributed by atoms with Crippen molar-refractivity contribution in [1.29, 1.82) is 0 Å². The molecule has 1 aliphatic heterocycles. The van der Waals surface area contributed by atoms with E-state index in [1.165, 1.54) is 18.1 Å². The maximum Gasteiger partial charge on any atom is 0.305 e. The second kappa shape index (κ2) is 10.1. The van der Waals surface area contributed by atoms with Crippen molar-refractivity contribution in [1.82, 2.24) is 9.80 Å². The number of methoxy groups -OCH3 is 1. The molecule has 0 radical (unpaired) electrons. The normalized spacial score (nSPS) is 16.4. The van der Waals surface area contributed by atoms with Crippen molar-refractivity contribution in [3.63, 3.8) is 0 Å². The van der Waals surface area contributed by atoms with Gasteiger partial charge in [-0.3, -0.25) is 14.4 Å². The smallest absolute Gasteiger partial charge is 0.305 e. The fourth-order valence-electron chi connectivity index (χ4n) is 2.98. The zero-order valence-electron chi connectivity index (χ0n) is 15.1. The number of amides is 2. The molecular formula is C19H23ClN2O5. The lowest BCUT2D eigenvalue weighted by Gasteiger charge is -2.29. The molecule has 0 aliphatic carbocycles. The topological polar surface area (TPSA) is 87.2 Å². The number of hydrogen-bond donors (Lipinski definition) is 1. The zero-order valence-corrected chi connectivity index (χ0v) is 15.9. The van der Waals surface area contributed by atoms with E-state index in [-0.39, 0.29) is 37.8 Å². The number of carbonyl (C=O) groups excluding carboxylic acids is 2. The van der Waals surface area contributed by atoms with Crippen molar-refractivity contribution in [2.24, 2.45) is 0 Å². The zero-order chi connectivity index (χ0) is 19.8. The van der Waals surface area contributed by atoms with E-state index >= 15 is 0 Å². The molecule has 1 saturated heterocycles. The van der Waals surface area contributed by atoms with Crippen LogP contribution in [0.25, 0.3) is 6.08 Å². The Balaban J connectivity index is 2.02. The Labute approximate surface area is 163 Å². The minimum Gasteiger partial charge on any atom is -0.481 e. The number of carbonyl (C=O) groups is 3. The summed E-state index contributed by atoms with van der Waals surface area (Å²) >= 11 is 5.93. The predicted molar refractivity (Wildman–Crippen MR) is 101 cm³/mol. The van der Waals surface area contributed by atoms with Crippen molar-refractivity contribution in [3.05, 3.63) is 40.9 Å². The highest BCUT2D eigenvalue weighted by Crippen LogP contribution is 2.14. The molecule has 0 aromatic heterocycles. The van der Waals surface area contributed by atoms with E-state index in [2.05, 4.69) is 0 Å². The lowest BCUT2D eigenvalue weighted by Crippen LogP contribution is -2.45. The molecule has 1 fully saturated rings. The van der Waals surface area contributed by atoms with Crippen LogP contribution in [0.15, 0.2) is 30.3 Å². The van der Waals surface area contributed by atoms with Crippen LogP contribution in [-0.2, 0) is 19.1 Å². The molecule has 0 bridgehead atoms. The van der Waals surface area contributed by atoms with Gasteiger partial charge in [0.15, 0.2) is 0 Å². The first-order chi connectivity index (χ1) is 12.9. The van der Waals surface area contributed by atoms with Gasteiger partial charge in [0.2, 0.25) is 11.8 Å². The van der Waals surface area contributed by atoms with Crippen molar-refractivity contribution in [2.75, 3.05) is 33.4 Å². The highest BCUT2D eigenvalue weighted by molar-refractivity contribution is 6.30. The van der Waals surface area contributed by atoms with Gasteiger partial charge in [-0.05, 0) is 23.8 Å². The summed E-state index contributed by atoms with van der Waals surface area (Å²) in [5.41, 5.74) is 0.810. The number of aliphatic carboxylic acids is 1. The Morgan fingerprint density at radius 2 is 2.11 bits per heavy atom. The monoisotopic (exact) mass is 394 g/mol. The molecule has 1 N–H and O–H groups in total. The molecule has 1 atom stereocenters. The minimum atomic E-state index is -0.994. The van der Waals surface area contributed by atoms with Crippen LogP contribution < -0.4 is 0 Å². The Morgan fingerprint density at radius 1 is 1.33 bits per heavy atom. The molecule has 0 spiro atoms. The van der Waals surface area contributed by atoms with Crippen LogP contribution in [-0.4, -0.2) is 72.1 Å². The molecule has 27 heavy (non-hydrogen) atoms. The van der Waals surface area contributed by atoms with Gasteiger partial charge >= 0.3 is 5.97 Å². The number of ether oxygens (including phenoxy) is 1. The van der Waals surface area contributed by atoms with Crippen LogP contribution >= 0.6 is 11.6 Å². The maximum absolute atomic E-state index is 12.5. The molecule has 7 nitrogen and oxygen atoms in total. The van der Waals surface area contributed by atoms with Crippen molar-refractivity contribution in [3.8, 4) is 0 Å². The quantitative estimate of drug-likeness (QED) is 0.714. The van der Waals surface area contributed by atoms with E-state index in [9.17, 15) is 14.4 Å². The Morgan fingerprint density at radius 3 is 2.78 bits per heavy atom. The highest BCUT2D eigenvalue weighted by Gasteiger charge is 2.29. The van der Waals surface area contributed by atoms with E-state index in [0.29, 0.717) is 18.1 Å². The van der Waals surface area contributed by atoms with Gasteiger partial charge in [0.05, 0.1) is 19.1 Å². The predicted octanol–water partition coefficient (Wildman–Crippen LogP) is 1.90. The van der Waals surface area contributed by atoms with Crippen LogP contribution in [0.2, 0.25) is 5.02 Å². The lowest BCUT2D eigenvalue weighted by molar-refractivity contribution is -0.141. The van der Waals surface area contributed by atoms with Crippen molar-refractivity contribution in [2.45, 2.75) is 18.9 Å². The maximum atomic E-state index is 12.5. The molecule has 2 rings (SSSR count). The third kappa shape index (κ3) is 6.37. The average molecular weight is 395 g/mol. The van der Waals surface area contributed by atoms with Crippen molar-refractivity contribution >= 4 is 35.5 Å². The molecule has 8 heteroatoms. The molecule has 0 saturated carbocycles. The fourth-order valence-corrected chi connectivity index (χ4v) is 3.18. The second-order valence-corrected chi connectivity index (χ2v) is 6.69. The summed E-state index contributed by atoms with van der Waals surface area (Å²) in [6, 6.07) is 6.60. The number of halogens is 1. The van der Waals surface area contributed by atoms with Gasteiger partial charge in [-0.15, -0.1) is 0 Å². The van der Waals surface area contributed by atoms with Gasteiger partial charge < -0.3 is 19.6 Å². The molecular weight excluding hydrogens is 372 g/mol. The summed E-state index contributed by atoms with van der Waals surface area (Å²) in [5, 5.41) is 9.65. The SMILES string of the molecule is COCC(CC(=O)O)N1CCN(C(=O)/C=C/c2cccc(Cl)c2)CCC1=O. The standard InChI is InChI=1S/C19H23ClN2O5/c1-27-13-16(12-19(25)26)22-10-9-21(8-7-18(22)24)17(23)6-5-14-3-2-4-15(20)11-14/h2-6,11,16H,7-10,12-13H2,1H3,(H,25,26)/b6-5+. The first kappa shape index (κ1) is 20.9. The van der Waals surface area contributed by atoms with E-state index in [0.717, 1.165) is 5.56 Å². The first-order valence-corrected chi connectivity index (χ1v) is 9.01. The van der Waals surface area contributed by atoms with E-state index in [1.807, 2.05) is 6.07 Å². The van der Waals surface area contributed by atoms with Gasteiger partial charge in [-0.2, -0.15) is 0 Å². The molecule has 1 aliphatic rings. The number of rotatable bonds is 7. The molecule has 2 amide bonds. The summed E-state index contributed by atoms with van der Waals surface area (Å²) in [6.45, 7) is 1.04. The van der Waals surface area contributed by atoms with Crippen LogP contribution in [0.5, 0.6) is 0 Å². The van der Waals surface area contributed by atoms with E-state index in [4.69, 9.17) is 21.4 Å². The van der Waals surface area contributed by atoms with Crippen LogP contribution in [0.3, 0.4) is 0 Å². The van der Waals surface area contributed by atoms with E-state index < -0.39 is 12.0 Å². The first-order valence-electron chi connectivity index (χ1n) is 8.63. The summed E-state index contributed by atoms with van der Waals surface area (Å²) in [6.07, 6.45) is 3.09. The van der Waals surface area contributed by atoms with Crippen LogP contribution in [0, 0.1) is 0 Å². The Hall–Kier alpha value is -2.38. The summed E-state index contributed by atoms with van der Waals surface area (Å²) in [5.74, 6) is -1.37. The molecule has 1 heterocycles. The van der Waals surface area contributed by atoms with Gasteiger partial charge in [-0.1, -0.05) is 23.7 Å². The molecule has 1 unspecified atom stereocenters. The van der Waals surface area contributed by atoms with Crippen LogP contribution in [0.4, 0.5) is 0 Å². The fraction of sp³-hybridized carbons (Fsp3) is 0.421. The van der Waals surface area contributed by atoms with Gasteiger partial charge in [0.1, 0.15) is 0 Å². The molecule has 1 aromatic carbocycles. The number of nitrogens with zero attached hydrogens (tertiary/aromatic N) is 2. The Bertz CT molecular complexity index is 722.